The minimum Gasteiger partial charge on any atom is -0.503 e. The molecule has 2 aromatic rings. The van der Waals surface area contributed by atoms with Crippen molar-refractivity contribution in [2.24, 2.45) is 0 Å². The molecule has 6 heteroatoms. The Morgan fingerprint density at radius 2 is 1.75 bits per heavy atom. The van der Waals surface area contributed by atoms with Gasteiger partial charge in [-0.25, -0.2) is 4.39 Å². The van der Waals surface area contributed by atoms with Gasteiger partial charge in [0.25, 0.3) is 5.91 Å². The second-order valence-electron chi connectivity index (χ2n) is 7.70. The highest BCUT2D eigenvalue weighted by Crippen LogP contribution is 2.38. The smallest absolute Gasteiger partial charge is 0.290 e. The lowest BCUT2D eigenvalue weighted by molar-refractivity contribution is -0.129. The van der Waals surface area contributed by atoms with Crippen molar-refractivity contribution in [1.29, 1.82) is 0 Å². The van der Waals surface area contributed by atoms with Crippen molar-refractivity contribution >= 4 is 17.8 Å². The quantitative estimate of drug-likeness (QED) is 0.556. The minimum absolute atomic E-state index is 0.0247. The number of rotatable bonds is 10. The number of halogens is 1. The molecule has 2 aromatic carbocycles. The summed E-state index contributed by atoms with van der Waals surface area (Å²) < 4.78 is 13.5. The molecule has 1 amide bonds. The first-order chi connectivity index (χ1) is 15.5. The summed E-state index contributed by atoms with van der Waals surface area (Å²) in [5.41, 5.74) is 1.44. The molecule has 0 aromatic heterocycles. The van der Waals surface area contributed by atoms with E-state index in [1.807, 2.05) is 30.3 Å². The Hall–Kier alpha value is -3.25. The number of aliphatic hydroxyl groups excluding tert-OH is 1. The van der Waals surface area contributed by atoms with E-state index in [1.165, 1.54) is 23.1 Å². The van der Waals surface area contributed by atoms with Crippen LogP contribution in [-0.4, -0.2) is 52.8 Å². The highest BCUT2D eigenvalue weighted by Gasteiger charge is 2.42. The maximum atomic E-state index is 13.5. The SMILES string of the molecule is CCN(CC)CCCN1C(=O)C(O)=C(C(=O)/C=C/c2ccccc2)C1c1ccc(F)cc1. The number of ketones is 1. The maximum Gasteiger partial charge on any atom is 0.290 e. The number of nitrogens with zero attached hydrogens (tertiary/aromatic N) is 2. The molecule has 0 saturated heterocycles. The van der Waals surface area contributed by atoms with E-state index in [4.69, 9.17) is 0 Å². The monoisotopic (exact) mass is 436 g/mol. The van der Waals surface area contributed by atoms with E-state index in [0.29, 0.717) is 18.5 Å². The van der Waals surface area contributed by atoms with E-state index in [2.05, 4.69) is 18.7 Å². The largest absolute Gasteiger partial charge is 0.503 e. The summed E-state index contributed by atoms with van der Waals surface area (Å²) in [5, 5.41) is 10.6. The third-order valence-corrected chi connectivity index (χ3v) is 5.75. The molecule has 1 unspecified atom stereocenters. The summed E-state index contributed by atoms with van der Waals surface area (Å²) in [7, 11) is 0. The minimum atomic E-state index is -0.757. The first-order valence-corrected chi connectivity index (χ1v) is 11.0. The third-order valence-electron chi connectivity index (χ3n) is 5.75. The summed E-state index contributed by atoms with van der Waals surface area (Å²) in [4.78, 5) is 29.7. The zero-order valence-corrected chi connectivity index (χ0v) is 18.5. The van der Waals surface area contributed by atoms with Gasteiger partial charge in [-0.05, 0) is 55.4 Å². The molecule has 168 valence electrons. The van der Waals surface area contributed by atoms with Crippen LogP contribution in [0.5, 0.6) is 0 Å². The molecule has 0 radical (unpaired) electrons. The maximum absolute atomic E-state index is 13.5. The molecule has 0 aliphatic carbocycles. The van der Waals surface area contributed by atoms with E-state index < -0.39 is 29.3 Å². The number of carbonyl (C=O) groups is 2. The van der Waals surface area contributed by atoms with Gasteiger partial charge in [0.2, 0.25) is 0 Å². The lowest BCUT2D eigenvalue weighted by Crippen LogP contribution is -2.34. The zero-order valence-electron chi connectivity index (χ0n) is 18.5. The Kier molecular flexibility index (Phi) is 7.95. The number of carbonyl (C=O) groups excluding carboxylic acids is 2. The lowest BCUT2D eigenvalue weighted by atomic mass is 9.95. The average Bonchev–Trinajstić information content (AvgIpc) is 3.06. The molecule has 1 atom stereocenters. The van der Waals surface area contributed by atoms with Crippen molar-refractivity contribution < 1.29 is 19.1 Å². The molecular formula is C26H29FN2O3. The average molecular weight is 437 g/mol. The van der Waals surface area contributed by atoms with Crippen LogP contribution >= 0.6 is 0 Å². The van der Waals surface area contributed by atoms with Crippen molar-refractivity contribution in [2.45, 2.75) is 26.3 Å². The molecule has 0 spiro atoms. The van der Waals surface area contributed by atoms with E-state index in [0.717, 1.165) is 25.2 Å². The normalized spacial score (nSPS) is 16.6. The number of allylic oxidation sites excluding steroid dienone is 1. The molecule has 5 nitrogen and oxygen atoms in total. The molecule has 1 aliphatic rings. The van der Waals surface area contributed by atoms with Gasteiger partial charge in [0.1, 0.15) is 5.82 Å². The second-order valence-corrected chi connectivity index (χ2v) is 7.70. The standard InChI is InChI=1S/C26H29FN2O3/c1-3-28(4-2)17-8-18-29-24(20-12-14-21(27)15-13-20)23(25(31)26(29)32)22(30)16-11-19-9-6-5-7-10-19/h5-7,9-16,24,31H,3-4,8,17-18H2,1-2H3/b16-11+. The predicted molar refractivity (Wildman–Crippen MR) is 123 cm³/mol. The summed E-state index contributed by atoms with van der Waals surface area (Å²) >= 11 is 0. The van der Waals surface area contributed by atoms with Crippen molar-refractivity contribution in [1.82, 2.24) is 9.80 Å². The van der Waals surface area contributed by atoms with Gasteiger partial charge >= 0.3 is 0 Å². The number of hydrogen-bond donors (Lipinski definition) is 1. The lowest BCUT2D eigenvalue weighted by Gasteiger charge is -2.28. The molecule has 0 bridgehead atoms. The van der Waals surface area contributed by atoms with Crippen molar-refractivity contribution in [2.75, 3.05) is 26.2 Å². The van der Waals surface area contributed by atoms with Crippen molar-refractivity contribution in [3.8, 4) is 0 Å². The Balaban J connectivity index is 1.89. The van der Waals surface area contributed by atoms with Crippen LogP contribution in [0.25, 0.3) is 6.08 Å². The summed E-state index contributed by atoms with van der Waals surface area (Å²) in [5.74, 6) is -1.96. The van der Waals surface area contributed by atoms with Crippen LogP contribution in [0.15, 0.2) is 72.0 Å². The van der Waals surface area contributed by atoms with Gasteiger partial charge in [-0.3, -0.25) is 9.59 Å². The fourth-order valence-corrected chi connectivity index (χ4v) is 3.96. The van der Waals surface area contributed by atoms with E-state index in [1.54, 1.807) is 18.2 Å². The number of aliphatic hydroxyl groups is 1. The van der Waals surface area contributed by atoms with Crippen LogP contribution < -0.4 is 0 Å². The number of amides is 1. The summed E-state index contributed by atoms with van der Waals surface area (Å²) in [6, 6.07) is 14.3. The Morgan fingerprint density at radius 3 is 2.38 bits per heavy atom. The van der Waals surface area contributed by atoms with Crippen molar-refractivity contribution in [3.05, 3.63) is 88.9 Å². The van der Waals surface area contributed by atoms with Gasteiger partial charge in [0.05, 0.1) is 11.6 Å². The molecule has 1 N–H and O–H groups in total. The highest BCUT2D eigenvalue weighted by atomic mass is 19.1. The van der Waals surface area contributed by atoms with E-state index >= 15 is 0 Å². The molecule has 32 heavy (non-hydrogen) atoms. The van der Waals surface area contributed by atoms with Gasteiger partial charge < -0.3 is 14.9 Å². The Labute approximate surface area is 188 Å². The highest BCUT2D eigenvalue weighted by molar-refractivity contribution is 6.14. The number of hydrogen-bond acceptors (Lipinski definition) is 4. The van der Waals surface area contributed by atoms with Crippen molar-refractivity contribution in [3.63, 3.8) is 0 Å². The van der Waals surface area contributed by atoms with Crippen LogP contribution in [0.3, 0.4) is 0 Å². The molecule has 0 fully saturated rings. The zero-order chi connectivity index (χ0) is 23.1. The van der Waals surface area contributed by atoms with Gasteiger partial charge in [-0.15, -0.1) is 0 Å². The number of benzene rings is 2. The third kappa shape index (κ3) is 5.32. The van der Waals surface area contributed by atoms with E-state index in [9.17, 15) is 19.1 Å². The van der Waals surface area contributed by atoms with Gasteiger partial charge in [0, 0.05) is 6.54 Å². The Morgan fingerprint density at radius 1 is 1.09 bits per heavy atom. The fraction of sp³-hybridized carbons (Fsp3) is 0.308. The molecular weight excluding hydrogens is 407 g/mol. The predicted octanol–water partition coefficient (Wildman–Crippen LogP) is 4.54. The van der Waals surface area contributed by atoms with Crippen LogP contribution in [0.1, 0.15) is 37.4 Å². The molecule has 0 saturated carbocycles. The topological polar surface area (TPSA) is 60.9 Å². The van der Waals surface area contributed by atoms with E-state index in [-0.39, 0.29) is 5.57 Å². The van der Waals surface area contributed by atoms with Crippen LogP contribution in [-0.2, 0) is 9.59 Å². The van der Waals surface area contributed by atoms with Crippen LogP contribution in [0, 0.1) is 5.82 Å². The molecule has 3 rings (SSSR count). The first kappa shape index (κ1) is 23.4. The fourth-order valence-electron chi connectivity index (χ4n) is 3.96. The second kappa shape index (κ2) is 10.9. The van der Waals surface area contributed by atoms with Gasteiger partial charge in [-0.2, -0.15) is 0 Å². The first-order valence-electron chi connectivity index (χ1n) is 11.0. The Bertz CT molecular complexity index is 995. The van der Waals surface area contributed by atoms with Crippen LogP contribution in [0.2, 0.25) is 0 Å². The molecule has 1 aliphatic heterocycles. The molecule has 1 heterocycles. The summed E-state index contributed by atoms with van der Waals surface area (Å²) in [6.07, 6.45) is 3.71. The summed E-state index contributed by atoms with van der Waals surface area (Å²) in [6.45, 7) is 7.14. The van der Waals surface area contributed by atoms with Gasteiger partial charge in [-0.1, -0.05) is 62.4 Å². The van der Waals surface area contributed by atoms with Crippen LogP contribution in [0.4, 0.5) is 4.39 Å². The van der Waals surface area contributed by atoms with Gasteiger partial charge in [0.15, 0.2) is 11.5 Å².